The Labute approximate surface area is 186 Å². The van der Waals surface area contributed by atoms with Gasteiger partial charge in [-0.1, -0.05) is 12.1 Å². The second-order valence-corrected chi connectivity index (χ2v) is 7.49. The lowest BCUT2D eigenvalue weighted by Gasteiger charge is -2.11. The Morgan fingerprint density at radius 3 is 2.66 bits per heavy atom. The molecule has 3 heterocycles. The monoisotopic (exact) mass is 433 g/mol. The second-order valence-electron chi connectivity index (χ2n) is 7.49. The molecule has 0 saturated heterocycles. The first-order chi connectivity index (χ1) is 15.6. The smallest absolute Gasteiger partial charge is 0.154 e. The molecular formula is C24H27N5O3. The molecule has 3 N–H and O–H groups in total. The molecule has 0 aliphatic carbocycles. The van der Waals surface area contributed by atoms with Crippen molar-refractivity contribution in [2.45, 2.75) is 32.1 Å². The highest BCUT2D eigenvalue weighted by atomic mass is 16.5. The minimum Gasteiger partial charge on any atom is -0.496 e. The Morgan fingerprint density at radius 2 is 1.88 bits per heavy atom. The van der Waals surface area contributed by atoms with Crippen molar-refractivity contribution < 1.29 is 14.6 Å². The van der Waals surface area contributed by atoms with Crippen molar-refractivity contribution in [3.63, 3.8) is 0 Å². The predicted molar refractivity (Wildman–Crippen MR) is 122 cm³/mol. The lowest BCUT2D eigenvalue weighted by atomic mass is 10.1. The summed E-state index contributed by atoms with van der Waals surface area (Å²) in [6, 6.07) is 15.5. The van der Waals surface area contributed by atoms with E-state index in [1.165, 1.54) is 0 Å². The van der Waals surface area contributed by atoms with Crippen LogP contribution in [-0.2, 0) is 17.8 Å². The maximum atomic E-state index is 9.45. The molecule has 3 aromatic heterocycles. The first kappa shape index (κ1) is 21.9. The third-order valence-corrected chi connectivity index (χ3v) is 5.37. The Balaban J connectivity index is 1.71. The number of hydrogen-bond acceptors (Lipinski definition) is 7. The average molecular weight is 434 g/mol. The highest BCUT2D eigenvalue weighted by molar-refractivity contribution is 5.90. The molecular weight excluding hydrogens is 406 g/mol. The maximum Gasteiger partial charge on any atom is 0.154 e. The van der Waals surface area contributed by atoms with Crippen LogP contribution >= 0.6 is 0 Å². The van der Waals surface area contributed by atoms with E-state index in [9.17, 15) is 5.11 Å². The van der Waals surface area contributed by atoms with E-state index in [1.807, 2.05) is 42.5 Å². The van der Waals surface area contributed by atoms with Crippen LogP contribution in [0.15, 0.2) is 54.7 Å². The number of ether oxygens (including phenoxy) is 2. The lowest BCUT2D eigenvalue weighted by Crippen LogP contribution is -2.21. The first-order valence-electron chi connectivity index (χ1n) is 10.5. The summed E-state index contributed by atoms with van der Waals surface area (Å²) in [6.45, 7) is -0.131. The molecule has 8 heteroatoms. The second kappa shape index (κ2) is 9.86. The molecule has 4 aromatic rings. The van der Waals surface area contributed by atoms with Crippen molar-refractivity contribution in [2.24, 2.45) is 5.73 Å². The molecule has 1 atom stereocenters. The fourth-order valence-electron chi connectivity index (χ4n) is 3.65. The third-order valence-electron chi connectivity index (χ3n) is 5.37. The van der Waals surface area contributed by atoms with Crippen molar-refractivity contribution in [1.82, 2.24) is 19.7 Å². The summed E-state index contributed by atoms with van der Waals surface area (Å²) >= 11 is 0. The Morgan fingerprint density at radius 1 is 1.06 bits per heavy atom. The predicted octanol–water partition coefficient (Wildman–Crippen LogP) is 3.24. The number of methoxy groups -OCH3 is 2. The van der Waals surface area contributed by atoms with Crippen LogP contribution < -0.4 is 10.5 Å². The fraction of sp³-hybridized carbons (Fsp3) is 0.292. The molecule has 4 rings (SSSR count). The first-order valence-corrected chi connectivity index (χ1v) is 10.5. The molecule has 1 aromatic carbocycles. The number of benzene rings is 1. The highest BCUT2D eigenvalue weighted by Crippen LogP contribution is 2.33. The largest absolute Gasteiger partial charge is 0.496 e. The number of aromatic nitrogens is 4. The minimum absolute atomic E-state index is 0.131. The summed E-state index contributed by atoms with van der Waals surface area (Å²) in [6.07, 6.45) is 4.01. The SMILES string of the molecule is COc1cc(-c2cccc(CCC[C@H](N)OC)n2)cc2c1cnn2-c1cccc(CO)n1. The van der Waals surface area contributed by atoms with Crippen LogP contribution in [0.5, 0.6) is 5.75 Å². The number of hydrogen-bond donors (Lipinski definition) is 2. The molecule has 0 unspecified atom stereocenters. The van der Waals surface area contributed by atoms with Crippen LogP contribution in [0.1, 0.15) is 24.2 Å². The van der Waals surface area contributed by atoms with Gasteiger partial charge in [0.15, 0.2) is 5.82 Å². The molecule has 0 bridgehead atoms. The van der Waals surface area contributed by atoms with Crippen molar-refractivity contribution in [3.8, 4) is 22.8 Å². The van der Waals surface area contributed by atoms with Crippen LogP contribution in [0.2, 0.25) is 0 Å². The van der Waals surface area contributed by atoms with E-state index in [0.29, 0.717) is 17.3 Å². The molecule has 0 saturated carbocycles. The van der Waals surface area contributed by atoms with E-state index in [2.05, 4.69) is 10.1 Å². The van der Waals surface area contributed by atoms with E-state index in [1.54, 1.807) is 31.2 Å². The number of aliphatic hydroxyl groups excluding tert-OH is 1. The number of nitrogens with zero attached hydrogens (tertiary/aromatic N) is 4. The molecule has 0 aliphatic rings. The Bertz CT molecular complexity index is 1210. The van der Waals surface area contributed by atoms with Crippen molar-refractivity contribution >= 4 is 10.9 Å². The van der Waals surface area contributed by atoms with Crippen LogP contribution in [0.4, 0.5) is 0 Å². The van der Waals surface area contributed by atoms with Gasteiger partial charge in [-0.25, -0.2) is 9.67 Å². The number of aliphatic hydroxyl groups is 1. The van der Waals surface area contributed by atoms with Crippen LogP contribution in [0.25, 0.3) is 28.0 Å². The van der Waals surface area contributed by atoms with Gasteiger partial charge in [-0.05, 0) is 55.7 Å². The minimum atomic E-state index is -0.247. The summed E-state index contributed by atoms with van der Waals surface area (Å²) in [5, 5.41) is 14.8. The summed E-state index contributed by atoms with van der Waals surface area (Å²) in [5.74, 6) is 1.34. The van der Waals surface area contributed by atoms with Crippen molar-refractivity contribution in [3.05, 3.63) is 66.1 Å². The summed E-state index contributed by atoms with van der Waals surface area (Å²) in [4.78, 5) is 9.33. The number of aryl methyl sites for hydroxylation is 1. The van der Waals surface area contributed by atoms with Gasteiger partial charge in [0.2, 0.25) is 0 Å². The van der Waals surface area contributed by atoms with Gasteiger partial charge in [-0.15, -0.1) is 0 Å². The number of fused-ring (bicyclic) bond motifs is 1. The van der Waals surface area contributed by atoms with Crippen molar-refractivity contribution in [2.75, 3.05) is 14.2 Å². The summed E-state index contributed by atoms with van der Waals surface area (Å²) in [5.41, 5.74) is 10.0. The molecule has 0 radical (unpaired) electrons. The standard InChI is InChI=1S/C24H27N5O3/c1-31-22-13-16(20-9-3-6-17(27-20)7-4-10-23(25)32-2)12-21-19(22)14-26-29(21)24-11-5-8-18(15-30)28-24/h3,5-6,8-9,11-14,23,30H,4,7,10,15,25H2,1-2H3/t23-/m1/s1. The maximum absolute atomic E-state index is 9.45. The van der Waals surface area contributed by atoms with Gasteiger partial charge in [-0.2, -0.15) is 5.10 Å². The van der Waals surface area contributed by atoms with Crippen LogP contribution in [-0.4, -0.2) is 45.3 Å². The fourth-order valence-corrected chi connectivity index (χ4v) is 3.65. The van der Waals surface area contributed by atoms with E-state index >= 15 is 0 Å². The summed E-state index contributed by atoms with van der Waals surface area (Å²) in [7, 11) is 3.26. The molecule has 0 fully saturated rings. The van der Waals surface area contributed by atoms with Crippen molar-refractivity contribution in [1.29, 1.82) is 0 Å². The number of nitrogens with two attached hydrogens (primary N) is 1. The van der Waals surface area contributed by atoms with Gasteiger partial charge in [0.05, 0.1) is 42.2 Å². The number of pyridine rings is 2. The molecule has 0 amide bonds. The molecule has 32 heavy (non-hydrogen) atoms. The zero-order valence-corrected chi connectivity index (χ0v) is 18.2. The highest BCUT2D eigenvalue weighted by Gasteiger charge is 2.14. The summed E-state index contributed by atoms with van der Waals surface area (Å²) < 4.78 is 12.5. The van der Waals surface area contributed by atoms with Crippen LogP contribution in [0, 0.1) is 0 Å². The van der Waals surface area contributed by atoms with Gasteiger partial charge in [0.25, 0.3) is 0 Å². The normalized spacial score (nSPS) is 12.2. The topological polar surface area (TPSA) is 108 Å². The molecule has 0 aliphatic heterocycles. The van der Waals surface area contributed by atoms with E-state index in [-0.39, 0.29) is 12.8 Å². The molecule has 166 valence electrons. The Kier molecular flexibility index (Phi) is 6.75. The molecule has 0 spiro atoms. The van der Waals surface area contributed by atoms with E-state index < -0.39 is 0 Å². The molecule has 8 nitrogen and oxygen atoms in total. The number of rotatable bonds is 9. The quantitative estimate of drug-likeness (QED) is 0.390. The zero-order chi connectivity index (χ0) is 22.5. The van der Waals surface area contributed by atoms with Crippen LogP contribution in [0.3, 0.4) is 0 Å². The van der Waals surface area contributed by atoms with E-state index in [4.69, 9.17) is 20.2 Å². The van der Waals surface area contributed by atoms with Gasteiger partial charge in [-0.3, -0.25) is 4.98 Å². The van der Waals surface area contributed by atoms with Gasteiger partial charge >= 0.3 is 0 Å². The van der Waals surface area contributed by atoms with Gasteiger partial charge in [0.1, 0.15) is 12.0 Å². The van der Waals surface area contributed by atoms with Gasteiger partial charge < -0.3 is 20.3 Å². The lowest BCUT2D eigenvalue weighted by molar-refractivity contribution is 0.0991. The van der Waals surface area contributed by atoms with E-state index in [0.717, 1.165) is 47.1 Å². The van der Waals surface area contributed by atoms with Gasteiger partial charge in [0, 0.05) is 18.4 Å². The Hall–Kier alpha value is -3.33. The average Bonchev–Trinajstić information content (AvgIpc) is 3.27. The zero-order valence-electron chi connectivity index (χ0n) is 18.2. The third kappa shape index (κ3) is 4.62.